The molecule has 0 aliphatic heterocycles. The lowest BCUT2D eigenvalue weighted by Gasteiger charge is -2.06. The van der Waals surface area contributed by atoms with Crippen LogP contribution in [0.5, 0.6) is 0 Å². The summed E-state index contributed by atoms with van der Waals surface area (Å²) >= 11 is 1.45. The van der Waals surface area contributed by atoms with Crippen molar-refractivity contribution in [2.75, 3.05) is 11.9 Å². The lowest BCUT2D eigenvalue weighted by Crippen LogP contribution is -2.38. The molecule has 0 spiro atoms. The summed E-state index contributed by atoms with van der Waals surface area (Å²) in [7, 11) is 0. The van der Waals surface area contributed by atoms with Crippen molar-refractivity contribution < 1.29 is 0 Å². The van der Waals surface area contributed by atoms with E-state index in [9.17, 15) is 9.59 Å². The number of anilines is 1. The van der Waals surface area contributed by atoms with Crippen LogP contribution in [-0.2, 0) is 13.1 Å². The largest absolute Gasteiger partial charge is 0.362 e. The highest BCUT2D eigenvalue weighted by molar-refractivity contribution is 7.15. The van der Waals surface area contributed by atoms with Crippen molar-refractivity contribution in [3.63, 3.8) is 0 Å². The van der Waals surface area contributed by atoms with Gasteiger partial charge in [0, 0.05) is 36.4 Å². The van der Waals surface area contributed by atoms with Gasteiger partial charge < -0.3 is 9.88 Å². The summed E-state index contributed by atoms with van der Waals surface area (Å²) in [4.78, 5) is 28.9. The number of nitrogens with zero attached hydrogens (tertiary/aromatic N) is 3. The average molecular weight is 280 g/mol. The molecule has 19 heavy (non-hydrogen) atoms. The van der Waals surface area contributed by atoms with Gasteiger partial charge in [0.15, 0.2) is 5.13 Å². The molecule has 0 saturated carbocycles. The van der Waals surface area contributed by atoms with Gasteiger partial charge in [-0.25, -0.2) is 9.78 Å². The molecule has 0 fully saturated rings. The van der Waals surface area contributed by atoms with Crippen LogP contribution in [-0.4, -0.2) is 20.7 Å². The molecule has 2 aromatic heterocycles. The van der Waals surface area contributed by atoms with E-state index in [-0.39, 0.29) is 17.8 Å². The maximum absolute atomic E-state index is 12.1. The van der Waals surface area contributed by atoms with Crippen LogP contribution < -0.4 is 16.6 Å². The van der Waals surface area contributed by atoms with E-state index in [1.54, 1.807) is 6.20 Å². The highest BCUT2D eigenvalue weighted by Gasteiger charge is 2.07. The molecule has 7 heteroatoms. The van der Waals surface area contributed by atoms with Crippen molar-refractivity contribution in [3.05, 3.63) is 44.2 Å². The van der Waals surface area contributed by atoms with Gasteiger partial charge in [0.25, 0.3) is 5.56 Å². The molecule has 0 aliphatic rings. The molecule has 0 saturated heterocycles. The molecular weight excluding hydrogens is 264 g/mol. The number of hydrogen-bond acceptors (Lipinski definition) is 5. The van der Waals surface area contributed by atoms with Crippen LogP contribution in [0.3, 0.4) is 0 Å². The fourth-order valence-electron chi connectivity index (χ4n) is 1.71. The predicted octanol–water partition coefficient (Wildman–Crippen LogP) is 0.966. The lowest BCUT2D eigenvalue weighted by molar-refractivity contribution is 0.602. The first-order valence-electron chi connectivity index (χ1n) is 6.14. The van der Waals surface area contributed by atoms with Crippen LogP contribution in [0.15, 0.2) is 28.0 Å². The fraction of sp³-hybridized carbons (Fsp3) is 0.417. The molecular formula is C12H16N4O2S. The maximum Gasteiger partial charge on any atom is 0.331 e. The number of rotatable bonds is 5. The summed E-state index contributed by atoms with van der Waals surface area (Å²) in [5, 5.41) is 3.91. The molecule has 0 aromatic carbocycles. The maximum atomic E-state index is 12.1. The Morgan fingerprint density at radius 2 is 2.16 bits per heavy atom. The third-order valence-corrected chi connectivity index (χ3v) is 3.62. The van der Waals surface area contributed by atoms with Crippen LogP contribution in [0.25, 0.3) is 0 Å². The van der Waals surface area contributed by atoms with Gasteiger partial charge in [-0.1, -0.05) is 0 Å². The first-order chi connectivity index (χ1) is 9.15. The van der Waals surface area contributed by atoms with Gasteiger partial charge in [-0.05, 0) is 13.8 Å². The number of hydrogen-bond donors (Lipinski definition) is 1. The third kappa shape index (κ3) is 2.93. The SMILES string of the molecule is CCNc1ncc(Cn2c(=O)ccn(CC)c2=O)s1. The minimum atomic E-state index is -0.284. The summed E-state index contributed by atoms with van der Waals surface area (Å²) in [5.41, 5.74) is -0.568. The molecule has 2 rings (SSSR count). The molecule has 2 heterocycles. The van der Waals surface area contributed by atoms with Gasteiger partial charge in [-0.2, -0.15) is 0 Å². The number of nitrogens with one attached hydrogen (secondary N) is 1. The molecule has 102 valence electrons. The zero-order valence-electron chi connectivity index (χ0n) is 10.9. The molecule has 0 aliphatic carbocycles. The Labute approximate surface area is 114 Å². The summed E-state index contributed by atoms with van der Waals surface area (Å²) < 4.78 is 2.74. The first-order valence-corrected chi connectivity index (χ1v) is 6.96. The Morgan fingerprint density at radius 3 is 2.84 bits per heavy atom. The molecule has 0 amide bonds. The smallest absolute Gasteiger partial charge is 0.331 e. The molecule has 0 unspecified atom stereocenters. The zero-order valence-corrected chi connectivity index (χ0v) is 11.7. The van der Waals surface area contributed by atoms with Gasteiger partial charge in [0.05, 0.1) is 6.54 Å². The second-order valence-electron chi connectivity index (χ2n) is 3.97. The van der Waals surface area contributed by atoms with Crippen LogP contribution in [0.4, 0.5) is 5.13 Å². The monoisotopic (exact) mass is 280 g/mol. The van der Waals surface area contributed by atoms with Crippen molar-refractivity contribution >= 4 is 16.5 Å². The first kappa shape index (κ1) is 13.5. The van der Waals surface area contributed by atoms with Crippen molar-refractivity contribution in [3.8, 4) is 0 Å². The summed E-state index contributed by atoms with van der Waals surface area (Å²) in [6.45, 7) is 5.46. The van der Waals surface area contributed by atoms with Crippen molar-refractivity contribution in [2.24, 2.45) is 0 Å². The predicted molar refractivity (Wildman–Crippen MR) is 76.0 cm³/mol. The minimum Gasteiger partial charge on any atom is -0.362 e. The topological polar surface area (TPSA) is 68.9 Å². The molecule has 0 bridgehead atoms. The van der Waals surface area contributed by atoms with E-state index in [0.717, 1.165) is 16.6 Å². The van der Waals surface area contributed by atoms with E-state index >= 15 is 0 Å². The molecule has 0 atom stereocenters. The van der Waals surface area contributed by atoms with Crippen LogP contribution in [0.1, 0.15) is 18.7 Å². The Kier molecular flexibility index (Phi) is 4.16. The summed E-state index contributed by atoms with van der Waals surface area (Å²) in [5.74, 6) is 0. The van der Waals surface area contributed by atoms with Gasteiger partial charge in [-0.3, -0.25) is 9.36 Å². The Morgan fingerprint density at radius 1 is 1.37 bits per heavy atom. The van der Waals surface area contributed by atoms with E-state index in [4.69, 9.17) is 0 Å². The Bertz CT molecular complexity index is 671. The second-order valence-corrected chi connectivity index (χ2v) is 5.09. The Balaban J connectivity index is 2.32. The van der Waals surface area contributed by atoms with Gasteiger partial charge in [0.1, 0.15) is 0 Å². The van der Waals surface area contributed by atoms with Crippen molar-refractivity contribution in [2.45, 2.75) is 26.9 Å². The summed E-state index contributed by atoms with van der Waals surface area (Å²) in [6, 6.07) is 1.41. The third-order valence-electron chi connectivity index (χ3n) is 2.68. The highest BCUT2D eigenvalue weighted by Crippen LogP contribution is 2.17. The molecule has 6 nitrogen and oxygen atoms in total. The lowest BCUT2D eigenvalue weighted by atomic mass is 10.5. The van der Waals surface area contributed by atoms with Crippen LogP contribution in [0.2, 0.25) is 0 Å². The van der Waals surface area contributed by atoms with Gasteiger partial charge in [0.2, 0.25) is 0 Å². The number of aryl methyl sites for hydroxylation is 1. The number of aromatic nitrogens is 3. The zero-order chi connectivity index (χ0) is 13.8. The quantitative estimate of drug-likeness (QED) is 0.886. The van der Waals surface area contributed by atoms with E-state index in [2.05, 4.69) is 10.3 Å². The Hall–Kier alpha value is -1.89. The normalized spacial score (nSPS) is 10.6. The highest BCUT2D eigenvalue weighted by atomic mass is 32.1. The van der Waals surface area contributed by atoms with Crippen molar-refractivity contribution in [1.82, 2.24) is 14.1 Å². The average Bonchev–Trinajstić information content (AvgIpc) is 2.83. The molecule has 2 aromatic rings. The second kappa shape index (κ2) is 5.83. The van der Waals surface area contributed by atoms with E-state index in [0.29, 0.717) is 6.54 Å². The molecule has 0 radical (unpaired) electrons. The van der Waals surface area contributed by atoms with E-state index in [1.165, 1.54) is 32.7 Å². The van der Waals surface area contributed by atoms with Crippen LogP contribution >= 0.6 is 11.3 Å². The van der Waals surface area contributed by atoms with Crippen LogP contribution in [0, 0.1) is 0 Å². The van der Waals surface area contributed by atoms with E-state index < -0.39 is 0 Å². The van der Waals surface area contributed by atoms with Crippen molar-refractivity contribution in [1.29, 1.82) is 0 Å². The van der Waals surface area contributed by atoms with Gasteiger partial charge in [-0.15, -0.1) is 11.3 Å². The summed E-state index contributed by atoms with van der Waals surface area (Å²) in [6.07, 6.45) is 3.22. The van der Waals surface area contributed by atoms with E-state index in [1.807, 2.05) is 13.8 Å². The van der Waals surface area contributed by atoms with Gasteiger partial charge >= 0.3 is 5.69 Å². The minimum absolute atomic E-state index is 0.265. The molecule has 1 N–H and O–H groups in total. The fourth-order valence-corrected chi connectivity index (χ4v) is 2.58. The standard InChI is InChI=1S/C12H16N4O2S/c1-3-13-11-14-7-9(19-11)8-16-10(17)5-6-15(4-2)12(16)18/h5-7H,3-4,8H2,1-2H3,(H,13,14). The number of thiazole rings is 1.